The zero-order valence-corrected chi connectivity index (χ0v) is 10.9. The average molecular weight is 258 g/mol. The van der Waals surface area contributed by atoms with E-state index in [1.165, 1.54) is 12.8 Å². The molecule has 1 fully saturated rings. The van der Waals surface area contributed by atoms with Gasteiger partial charge in [0, 0.05) is 18.2 Å². The molecule has 1 saturated carbocycles. The van der Waals surface area contributed by atoms with Gasteiger partial charge in [-0.05, 0) is 18.9 Å². The summed E-state index contributed by atoms with van der Waals surface area (Å²) in [6.45, 7) is 1.03. The Kier molecular flexibility index (Phi) is 3.56. The van der Waals surface area contributed by atoms with Crippen molar-refractivity contribution in [1.82, 2.24) is 5.32 Å². The maximum absolute atomic E-state index is 9.18. The van der Waals surface area contributed by atoms with Crippen LogP contribution in [0.3, 0.4) is 0 Å². The van der Waals surface area contributed by atoms with Gasteiger partial charge >= 0.3 is 0 Å². The molecule has 3 rings (SSSR count). The molecule has 0 spiro atoms. The number of hydrogen-bond donors (Lipinski definition) is 1. The van der Waals surface area contributed by atoms with Gasteiger partial charge in [0.05, 0.1) is 12.0 Å². The predicted octanol–water partition coefficient (Wildman–Crippen LogP) is 2.59. The molecule has 0 bridgehead atoms. The Morgan fingerprint density at radius 3 is 3.05 bits per heavy atom. The smallest absolute Gasteiger partial charge is 0.231 e. The first kappa shape index (κ1) is 12.3. The fourth-order valence-electron chi connectivity index (χ4n) is 2.90. The Hall–Kier alpha value is -1.73. The van der Waals surface area contributed by atoms with E-state index in [-0.39, 0.29) is 5.92 Å². The van der Waals surface area contributed by atoms with E-state index < -0.39 is 0 Å². The van der Waals surface area contributed by atoms with Crippen LogP contribution in [-0.4, -0.2) is 12.8 Å². The van der Waals surface area contributed by atoms with Crippen molar-refractivity contribution < 1.29 is 9.47 Å². The maximum Gasteiger partial charge on any atom is 0.231 e. The second-order valence-electron chi connectivity index (χ2n) is 5.16. The molecule has 0 saturated heterocycles. The van der Waals surface area contributed by atoms with Crippen LogP contribution in [0, 0.1) is 17.2 Å². The molecule has 4 heteroatoms. The van der Waals surface area contributed by atoms with Crippen molar-refractivity contribution in [3.05, 3.63) is 23.8 Å². The largest absolute Gasteiger partial charge is 0.454 e. The molecule has 1 N–H and O–H groups in total. The number of nitriles is 1. The molecule has 100 valence electrons. The van der Waals surface area contributed by atoms with Gasteiger partial charge in [0.2, 0.25) is 6.79 Å². The lowest BCUT2D eigenvalue weighted by molar-refractivity contribution is 0.173. The first-order valence-corrected chi connectivity index (χ1v) is 6.89. The fraction of sp³-hybridized carbons (Fsp3) is 0.533. The Balaban J connectivity index is 1.66. The summed E-state index contributed by atoms with van der Waals surface area (Å²) in [5.41, 5.74) is 1.11. The van der Waals surface area contributed by atoms with E-state index in [2.05, 4.69) is 11.4 Å². The first-order chi connectivity index (χ1) is 9.38. The summed E-state index contributed by atoms with van der Waals surface area (Å²) in [5.74, 6) is 1.81. The molecule has 2 aliphatic rings. The molecule has 2 atom stereocenters. The number of benzene rings is 1. The topological polar surface area (TPSA) is 54.3 Å². The van der Waals surface area contributed by atoms with Gasteiger partial charge in [-0.1, -0.05) is 25.0 Å². The summed E-state index contributed by atoms with van der Waals surface area (Å²) in [5, 5.41) is 12.7. The van der Waals surface area contributed by atoms with Crippen LogP contribution in [0.2, 0.25) is 0 Å². The van der Waals surface area contributed by atoms with Crippen molar-refractivity contribution in [2.75, 3.05) is 6.79 Å². The van der Waals surface area contributed by atoms with Crippen LogP contribution in [-0.2, 0) is 6.54 Å². The Labute approximate surface area is 113 Å². The number of ether oxygens (including phenoxy) is 2. The van der Waals surface area contributed by atoms with Crippen LogP contribution in [0.15, 0.2) is 18.2 Å². The lowest BCUT2D eigenvalue weighted by Crippen LogP contribution is -2.37. The third-order valence-electron chi connectivity index (χ3n) is 3.96. The quantitative estimate of drug-likeness (QED) is 0.905. The van der Waals surface area contributed by atoms with Crippen molar-refractivity contribution in [3.63, 3.8) is 0 Å². The summed E-state index contributed by atoms with van der Waals surface area (Å²) in [6.07, 6.45) is 4.49. The summed E-state index contributed by atoms with van der Waals surface area (Å²) < 4.78 is 10.9. The molecule has 0 amide bonds. The lowest BCUT2D eigenvalue weighted by Gasteiger charge is -2.27. The number of rotatable bonds is 3. The standard InChI is InChI=1S/C15H18N2O2/c16-8-11-4-1-2-6-13(11)17-9-12-5-3-7-14-15(12)19-10-18-14/h3,5,7,11,13,17H,1-2,4,6,9-10H2. The minimum absolute atomic E-state index is 0.141. The highest BCUT2D eigenvalue weighted by molar-refractivity contribution is 5.48. The third kappa shape index (κ3) is 2.52. The molecular weight excluding hydrogens is 240 g/mol. The van der Waals surface area contributed by atoms with Crippen LogP contribution < -0.4 is 14.8 Å². The van der Waals surface area contributed by atoms with Gasteiger partial charge in [0.25, 0.3) is 0 Å². The molecule has 2 unspecified atom stereocenters. The molecule has 19 heavy (non-hydrogen) atoms. The number of hydrogen-bond acceptors (Lipinski definition) is 4. The van der Waals surface area contributed by atoms with Crippen LogP contribution in [0.1, 0.15) is 31.2 Å². The highest BCUT2D eigenvalue weighted by atomic mass is 16.7. The number of fused-ring (bicyclic) bond motifs is 1. The second-order valence-corrected chi connectivity index (χ2v) is 5.16. The van der Waals surface area contributed by atoms with Crippen LogP contribution >= 0.6 is 0 Å². The Bertz CT molecular complexity index is 495. The number of para-hydroxylation sites is 1. The van der Waals surface area contributed by atoms with E-state index in [1.807, 2.05) is 18.2 Å². The van der Waals surface area contributed by atoms with Crippen molar-refractivity contribution in [2.45, 2.75) is 38.3 Å². The van der Waals surface area contributed by atoms with E-state index >= 15 is 0 Å². The molecule has 0 aromatic heterocycles. The summed E-state index contributed by atoms with van der Waals surface area (Å²) in [7, 11) is 0. The van der Waals surface area contributed by atoms with E-state index in [4.69, 9.17) is 9.47 Å². The van der Waals surface area contributed by atoms with Crippen LogP contribution in [0.25, 0.3) is 0 Å². The normalized spacial score (nSPS) is 25.0. The van der Waals surface area contributed by atoms with E-state index in [9.17, 15) is 5.26 Å². The highest BCUT2D eigenvalue weighted by Crippen LogP contribution is 2.35. The minimum atomic E-state index is 0.141. The minimum Gasteiger partial charge on any atom is -0.454 e. The first-order valence-electron chi connectivity index (χ1n) is 6.89. The van der Waals surface area contributed by atoms with E-state index in [0.29, 0.717) is 12.8 Å². The monoisotopic (exact) mass is 258 g/mol. The van der Waals surface area contributed by atoms with Gasteiger partial charge in [-0.2, -0.15) is 5.26 Å². The average Bonchev–Trinajstić information content (AvgIpc) is 2.94. The fourth-order valence-corrected chi connectivity index (χ4v) is 2.90. The zero-order valence-electron chi connectivity index (χ0n) is 10.9. The van der Waals surface area contributed by atoms with Crippen molar-refractivity contribution in [1.29, 1.82) is 5.26 Å². The number of nitrogens with zero attached hydrogens (tertiary/aromatic N) is 1. The van der Waals surface area contributed by atoms with Gasteiger partial charge < -0.3 is 14.8 Å². The van der Waals surface area contributed by atoms with Gasteiger partial charge in [-0.15, -0.1) is 0 Å². The van der Waals surface area contributed by atoms with Crippen molar-refractivity contribution in [2.24, 2.45) is 5.92 Å². The van der Waals surface area contributed by atoms with Gasteiger partial charge in [-0.25, -0.2) is 0 Å². The zero-order chi connectivity index (χ0) is 13.1. The summed E-state index contributed by atoms with van der Waals surface area (Å²) >= 11 is 0. The van der Waals surface area contributed by atoms with Crippen LogP contribution in [0.5, 0.6) is 11.5 Å². The molecule has 0 radical (unpaired) electrons. The van der Waals surface area contributed by atoms with Gasteiger partial charge in [-0.3, -0.25) is 0 Å². The molecule has 1 aromatic carbocycles. The third-order valence-corrected chi connectivity index (χ3v) is 3.96. The Morgan fingerprint density at radius 2 is 2.16 bits per heavy atom. The summed E-state index contributed by atoms with van der Waals surface area (Å²) in [6, 6.07) is 8.67. The van der Waals surface area contributed by atoms with Gasteiger partial charge in [0.1, 0.15) is 0 Å². The second kappa shape index (κ2) is 5.50. The molecule has 1 heterocycles. The molecule has 1 aliphatic carbocycles. The van der Waals surface area contributed by atoms with E-state index in [0.717, 1.165) is 36.4 Å². The maximum atomic E-state index is 9.18. The van der Waals surface area contributed by atoms with Crippen LogP contribution in [0.4, 0.5) is 0 Å². The van der Waals surface area contributed by atoms with Gasteiger partial charge in [0.15, 0.2) is 11.5 Å². The molecule has 4 nitrogen and oxygen atoms in total. The predicted molar refractivity (Wildman–Crippen MR) is 70.8 cm³/mol. The van der Waals surface area contributed by atoms with Crippen molar-refractivity contribution >= 4 is 0 Å². The van der Waals surface area contributed by atoms with Crippen molar-refractivity contribution in [3.8, 4) is 17.6 Å². The molecule has 1 aromatic rings. The molecular formula is C15H18N2O2. The number of nitrogens with one attached hydrogen (secondary N) is 1. The lowest BCUT2D eigenvalue weighted by atomic mass is 9.85. The Morgan fingerprint density at radius 1 is 1.26 bits per heavy atom. The molecule has 1 aliphatic heterocycles. The van der Waals surface area contributed by atoms with E-state index in [1.54, 1.807) is 0 Å². The summed E-state index contributed by atoms with van der Waals surface area (Å²) in [4.78, 5) is 0. The highest BCUT2D eigenvalue weighted by Gasteiger charge is 2.25. The SMILES string of the molecule is N#CC1CCCCC1NCc1cccc2c1OCO2.